The average molecular weight is 733 g/mol. The van der Waals surface area contributed by atoms with Crippen LogP contribution < -0.4 is 5.32 Å². The lowest BCUT2D eigenvalue weighted by Gasteiger charge is -2.37. The van der Waals surface area contributed by atoms with Crippen molar-refractivity contribution in [1.82, 2.24) is 15.1 Å². The van der Waals surface area contributed by atoms with Crippen molar-refractivity contribution < 1.29 is 38.5 Å². The molecule has 1 spiro atoms. The number of allylic oxidation sites excluding steroid dienone is 1. The molecule has 12 heteroatoms. The lowest BCUT2D eigenvalue weighted by molar-refractivity contribution is -0.163. The highest BCUT2D eigenvalue weighted by Gasteiger charge is 2.77. The molecule has 1 aromatic rings. The number of esters is 1. The maximum Gasteiger partial charge on any atom is 0.313 e. The Morgan fingerprint density at radius 2 is 1.96 bits per heavy atom. The van der Waals surface area contributed by atoms with Crippen LogP contribution >= 0.6 is 15.9 Å². The molecule has 264 valence electrons. The Labute approximate surface area is 292 Å². The molecule has 0 saturated carbocycles. The highest BCUT2D eigenvalue weighted by atomic mass is 79.9. The van der Waals surface area contributed by atoms with Crippen molar-refractivity contribution >= 4 is 39.6 Å². The van der Waals surface area contributed by atoms with Crippen LogP contribution in [0, 0.1) is 11.8 Å². The van der Waals surface area contributed by atoms with E-state index >= 15 is 0 Å². The average Bonchev–Trinajstić information content (AvgIpc) is 3.67. The molecule has 1 unspecified atom stereocenters. The smallest absolute Gasteiger partial charge is 0.313 e. The summed E-state index contributed by atoms with van der Waals surface area (Å²) in [5.41, 5.74) is -0.590. The van der Waals surface area contributed by atoms with Crippen LogP contribution in [0.4, 0.5) is 0 Å². The standard InChI is InChI=1S/C36H50BrN3O8/c1-5-8-17-27(42)38-26(23-46-4)30(24-15-11-10-12-16-24)47-35(45)28-29-33(43)40(20-13-14-21-41)32(36(29)22-25(37)31(28)48-36)34(44)39(18-7-3)19-9-6-2/h5,7,10-12,15-16,25-26,28-32,41H,1,3,6,8-9,13-14,17-23H2,2,4H3,(H,38,42)/t25?,26-,28-,29+,30-,31-,32-,36+/m1/s1. The third-order valence-electron chi connectivity index (χ3n) is 9.55. The minimum atomic E-state index is -1.24. The number of unbranched alkanes of at least 4 members (excludes halogenated alkanes) is 2. The molecule has 3 amide bonds. The van der Waals surface area contributed by atoms with Gasteiger partial charge in [-0.15, -0.1) is 13.2 Å². The Bertz CT molecular complexity index is 1300. The molecule has 0 aromatic heterocycles. The third kappa shape index (κ3) is 7.87. The summed E-state index contributed by atoms with van der Waals surface area (Å²) >= 11 is 3.73. The van der Waals surface area contributed by atoms with Crippen LogP contribution in [0.25, 0.3) is 0 Å². The second-order valence-electron chi connectivity index (χ2n) is 12.8. The number of benzene rings is 1. The van der Waals surface area contributed by atoms with Crippen molar-refractivity contribution in [3.05, 3.63) is 61.2 Å². The number of alkyl halides is 1. The molecule has 3 aliphatic rings. The Balaban J connectivity index is 1.70. The van der Waals surface area contributed by atoms with Gasteiger partial charge in [0.05, 0.1) is 30.6 Å². The van der Waals surface area contributed by atoms with Crippen LogP contribution in [0.3, 0.4) is 0 Å². The summed E-state index contributed by atoms with van der Waals surface area (Å²) in [5, 5.41) is 12.4. The van der Waals surface area contributed by atoms with Gasteiger partial charge in [0.1, 0.15) is 17.7 Å². The van der Waals surface area contributed by atoms with Gasteiger partial charge < -0.3 is 34.4 Å². The first-order chi connectivity index (χ1) is 23.2. The van der Waals surface area contributed by atoms with Gasteiger partial charge in [0.2, 0.25) is 17.7 Å². The van der Waals surface area contributed by atoms with E-state index < -0.39 is 47.7 Å². The zero-order valence-electron chi connectivity index (χ0n) is 28.1. The maximum absolute atomic E-state index is 14.4. The van der Waals surface area contributed by atoms with Gasteiger partial charge in [-0.2, -0.15) is 0 Å². The van der Waals surface area contributed by atoms with Gasteiger partial charge in [-0.3, -0.25) is 19.2 Å². The molecule has 4 rings (SSSR count). The van der Waals surface area contributed by atoms with E-state index in [4.69, 9.17) is 14.2 Å². The topological polar surface area (TPSA) is 135 Å². The van der Waals surface area contributed by atoms with Crippen molar-refractivity contribution in [3.8, 4) is 0 Å². The normalized spacial score (nSPS) is 26.9. The fraction of sp³-hybridized carbons (Fsp3) is 0.611. The number of hydrogen-bond acceptors (Lipinski definition) is 8. The van der Waals surface area contributed by atoms with Crippen molar-refractivity contribution in [1.29, 1.82) is 0 Å². The van der Waals surface area contributed by atoms with Gasteiger partial charge >= 0.3 is 5.97 Å². The van der Waals surface area contributed by atoms with Crippen LogP contribution in [0.5, 0.6) is 0 Å². The van der Waals surface area contributed by atoms with Gasteiger partial charge in [0.25, 0.3) is 0 Å². The minimum absolute atomic E-state index is 0.0427. The second-order valence-corrected chi connectivity index (χ2v) is 14.0. The van der Waals surface area contributed by atoms with Crippen molar-refractivity contribution in [2.45, 2.75) is 86.6 Å². The molecule has 3 fully saturated rings. The zero-order valence-corrected chi connectivity index (χ0v) is 29.6. The molecule has 48 heavy (non-hydrogen) atoms. The Hall–Kier alpha value is -3.06. The SMILES string of the molecule is C=CCCC(=O)N[C@H](COC)[C@H](OC(=O)[C@H]1[C@@H]2O[C@@]3(CC2Br)[C@@H]1C(=O)N(CCCCO)[C@@H]3C(=O)N(CC=C)CCCC)c1ccccc1. The number of ether oxygens (including phenoxy) is 3. The number of rotatable bonds is 20. The maximum atomic E-state index is 14.4. The monoisotopic (exact) mass is 731 g/mol. The van der Waals surface area contributed by atoms with E-state index in [1.54, 1.807) is 22.0 Å². The summed E-state index contributed by atoms with van der Waals surface area (Å²) in [6.07, 6.45) is 5.38. The van der Waals surface area contributed by atoms with Gasteiger partial charge in [-0.05, 0) is 37.7 Å². The van der Waals surface area contributed by atoms with Crippen molar-refractivity contribution in [2.75, 3.05) is 40.0 Å². The van der Waals surface area contributed by atoms with Crippen molar-refractivity contribution in [3.63, 3.8) is 0 Å². The number of likely N-dealkylation sites (tertiary alicyclic amines) is 1. The molecule has 1 aromatic carbocycles. The Morgan fingerprint density at radius 1 is 1.21 bits per heavy atom. The summed E-state index contributed by atoms with van der Waals surface area (Å²) in [6, 6.07) is 7.44. The highest BCUT2D eigenvalue weighted by Crippen LogP contribution is 2.60. The number of nitrogens with one attached hydrogen (secondary N) is 1. The molecular weight excluding hydrogens is 682 g/mol. The summed E-state index contributed by atoms with van der Waals surface area (Å²) in [5.74, 6) is -3.38. The molecule has 3 heterocycles. The van der Waals surface area contributed by atoms with E-state index in [0.717, 1.165) is 12.8 Å². The summed E-state index contributed by atoms with van der Waals surface area (Å²) in [7, 11) is 1.51. The first-order valence-corrected chi connectivity index (χ1v) is 17.9. The number of carbonyl (C=O) groups excluding carboxylic acids is 4. The lowest BCUT2D eigenvalue weighted by atomic mass is 9.70. The van der Waals surface area contributed by atoms with E-state index in [1.165, 1.54) is 7.11 Å². The van der Waals surface area contributed by atoms with Gasteiger partial charge in [0.15, 0.2) is 0 Å². The summed E-state index contributed by atoms with van der Waals surface area (Å²) in [4.78, 5) is 59.1. The largest absolute Gasteiger partial charge is 0.455 e. The number of carbonyl (C=O) groups is 4. The number of methoxy groups -OCH3 is 1. The van der Waals surface area contributed by atoms with Crippen LogP contribution in [-0.2, 0) is 33.4 Å². The minimum Gasteiger partial charge on any atom is -0.455 e. The van der Waals surface area contributed by atoms with Crippen LogP contribution in [-0.4, -0.2) is 107 Å². The molecule has 3 aliphatic heterocycles. The Kier molecular flexibility index (Phi) is 13.8. The van der Waals surface area contributed by atoms with E-state index in [1.807, 2.05) is 37.3 Å². The van der Waals surface area contributed by atoms with Gasteiger partial charge in [-0.1, -0.05) is 71.8 Å². The van der Waals surface area contributed by atoms with E-state index in [-0.39, 0.29) is 48.7 Å². The predicted octanol–water partition coefficient (Wildman–Crippen LogP) is 3.70. The summed E-state index contributed by atoms with van der Waals surface area (Å²) in [6.45, 7) is 10.7. The van der Waals surface area contributed by atoms with Crippen LogP contribution in [0.2, 0.25) is 0 Å². The van der Waals surface area contributed by atoms with E-state index in [2.05, 4.69) is 34.4 Å². The number of aliphatic hydroxyl groups excluding tert-OH is 1. The number of fused-ring (bicyclic) bond motifs is 1. The van der Waals surface area contributed by atoms with Gasteiger partial charge in [0, 0.05) is 44.6 Å². The number of halogens is 1. The zero-order chi connectivity index (χ0) is 34.8. The van der Waals surface area contributed by atoms with E-state index in [9.17, 15) is 24.3 Å². The van der Waals surface area contributed by atoms with Crippen molar-refractivity contribution in [2.24, 2.45) is 11.8 Å². The molecule has 3 saturated heterocycles. The predicted molar refractivity (Wildman–Crippen MR) is 184 cm³/mol. The summed E-state index contributed by atoms with van der Waals surface area (Å²) < 4.78 is 18.4. The molecule has 11 nitrogen and oxygen atoms in total. The lowest BCUT2D eigenvalue weighted by Crippen LogP contribution is -2.57. The molecule has 0 aliphatic carbocycles. The fourth-order valence-corrected chi connectivity index (χ4v) is 8.35. The molecule has 2 N–H and O–H groups in total. The Morgan fingerprint density at radius 3 is 2.60 bits per heavy atom. The molecule has 8 atom stereocenters. The number of hydrogen-bond donors (Lipinski definition) is 2. The first kappa shape index (κ1) is 37.8. The van der Waals surface area contributed by atoms with Crippen LogP contribution in [0.15, 0.2) is 55.6 Å². The molecular formula is C36H50BrN3O8. The number of nitrogens with zero attached hydrogens (tertiary/aromatic N) is 2. The molecule has 2 bridgehead atoms. The second kappa shape index (κ2) is 17.6. The quantitative estimate of drug-likeness (QED) is 0.0898. The van der Waals surface area contributed by atoms with Crippen LogP contribution in [0.1, 0.15) is 63.5 Å². The number of amides is 3. The first-order valence-electron chi connectivity index (χ1n) is 17.0. The van der Waals surface area contributed by atoms with E-state index in [0.29, 0.717) is 44.3 Å². The third-order valence-corrected chi connectivity index (χ3v) is 10.4. The fourth-order valence-electron chi connectivity index (χ4n) is 7.41. The number of aliphatic hydroxyl groups is 1. The molecule has 0 radical (unpaired) electrons. The van der Waals surface area contributed by atoms with Gasteiger partial charge in [-0.25, -0.2) is 0 Å². The highest BCUT2D eigenvalue weighted by molar-refractivity contribution is 9.09.